The van der Waals surface area contributed by atoms with E-state index in [1.807, 2.05) is 67.3 Å². The molecular weight excluding hydrogens is 498 g/mol. The normalized spacial score (nSPS) is 18.6. The third kappa shape index (κ3) is 6.37. The Hall–Kier alpha value is -3.36. The van der Waals surface area contributed by atoms with E-state index in [0.717, 1.165) is 36.1 Å². The number of ether oxygens (including phenoxy) is 2. The number of amides is 3. The van der Waals surface area contributed by atoms with E-state index < -0.39 is 0 Å². The standard InChI is InChI=1S/C30H35N3O4S/c1-21-5-9-23(10-6-21)31-30(35)32(18-25-4-3-16-36-25)19-29(34)33-15-13-28-26(14-17-38-28)27(33)20-37-24-11-7-22(2)8-12-24/h5-12,14,17,25,27H,3-4,13,15-16,18-20H2,1-2H3,(H,31,35)/t25-,27-/m0/s1. The van der Waals surface area contributed by atoms with Crippen LogP contribution >= 0.6 is 11.3 Å². The molecule has 0 bridgehead atoms. The van der Waals surface area contributed by atoms with Gasteiger partial charge in [0.15, 0.2) is 0 Å². The second-order valence-electron chi connectivity index (χ2n) is 10.1. The molecule has 200 valence electrons. The van der Waals surface area contributed by atoms with Crippen molar-refractivity contribution in [1.82, 2.24) is 9.80 Å². The summed E-state index contributed by atoms with van der Waals surface area (Å²) >= 11 is 1.72. The summed E-state index contributed by atoms with van der Waals surface area (Å²) in [4.78, 5) is 31.9. The lowest BCUT2D eigenvalue weighted by Gasteiger charge is -2.37. The Kier molecular flexibility index (Phi) is 8.29. The van der Waals surface area contributed by atoms with Crippen molar-refractivity contribution in [2.75, 3.05) is 38.2 Å². The molecule has 0 saturated carbocycles. The van der Waals surface area contributed by atoms with Crippen LogP contribution in [0, 0.1) is 13.8 Å². The number of aryl methyl sites for hydroxylation is 2. The summed E-state index contributed by atoms with van der Waals surface area (Å²) in [5, 5.41) is 5.04. The van der Waals surface area contributed by atoms with Crippen LogP contribution in [0.2, 0.25) is 0 Å². The van der Waals surface area contributed by atoms with Crippen molar-refractivity contribution in [2.24, 2.45) is 0 Å². The van der Waals surface area contributed by atoms with Crippen molar-refractivity contribution in [3.63, 3.8) is 0 Å². The van der Waals surface area contributed by atoms with Gasteiger partial charge in [-0.15, -0.1) is 11.3 Å². The number of rotatable bonds is 8. The summed E-state index contributed by atoms with van der Waals surface area (Å²) in [5.74, 6) is 0.694. The zero-order valence-corrected chi connectivity index (χ0v) is 22.8. The van der Waals surface area contributed by atoms with E-state index in [-0.39, 0.29) is 30.6 Å². The summed E-state index contributed by atoms with van der Waals surface area (Å²) in [6.07, 6.45) is 2.60. The minimum atomic E-state index is -0.293. The maximum Gasteiger partial charge on any atom is 0.322 e. The molecule has 2 atom stereocenters. The summed E-state index contributed by atoms with van der Waals surface area (Å²) in [5.41, 5.74) is 4.13. The Morgan fingerprint density at radius 2 is 1.82 bits per heavy atom. The van der Waals surface area contributed by atoms with Crippen molar-refractivity contribution in [2.45, 2.75) is 45.3 Å². The SMILES string of the molecule is Cc1ccc(NC(=O)N(CC(=O)N2CCc3sccc3[C@@H]2COc2ccc(C)cc2)C[C@@H]2CCCO2)cc1. The number of fused-ring (bicyclic) bond motifs is 1. The maximum absolute atomic E-state index is 13.8. The maximum atomic E-state index is 13.8. The lowest BCUT2D eigenvalue weighted by Crippen LogP contribution is -2.50. The van der Waals surface area contributed by atoms with E-state index in [1.54, 1.807) is 16.2 Å². The lowest BCUT2D eigenvalue weighted by atomic mass is 10.0. The van der Waals surface area contributed by atoms with Gasteiger partial charge in [-0.25, -0.2) is 4.79 Å². The van der Waals surface area contributed by atoms with Gasteiger partial charge in [0.25, 0.3) is 0 Å². The van der Waals surface area contributed by atoms with Gasteiger partial charge in [-0.2, -0.15) is 0 Å². The van der Waals surface area contributed by atoms with Gasteiger partial charge in [0.2, 0.25) is 5.91 Å². The number of nitrogens with one attached hydrogen (secondary N) is 1. The molecule has 1 N–H and O–H groups in total. The quantitative estimate of drug-likeness (QED) is 0.410. The molecule has 1 aromatic heterocycles. The predicted octanol–water partition coefficient (Wildman–Crippen LogP) is 5.58. The van der Waals surface area contributed by atoms with Crippen LogP contribution in [-0.2, 0) is 16.0 Å². The van der Waals surface area contributed by atoms with Gasteiger partial charge < -0.3 is 24.6 Å². The number of benzene rings is 2. The second-order valence-corrected chi connectivity index (χ2v) is 11.1. The van der Waals surface area contributed by atoms with Crippen LogP contribution in [0.25, 0.3) is 0 Å². The zero-order valence-electron chi connectivity index (χ0n) is 22.0. The van der Waals surface area contributed by atoms with Crippen LogP contribution in [0.3, 0.4) is 0 Å². The minimum Gasteiger partial charge on any atom is -0.491 e. The number of hydrogen-bond acceptors (Lipinski definition) is 5. The fourth-order valence-electron chi connectivity index (χ4n) is 5.03. The number of carbonyl (C=O) groups is 2. The average molecular weight is 534 g/mol. The molecule has 5 rings (SSSR count). The van der Waals surface area contributed by atoms with Crippen LogP contribution < -0.4 is 10.1 Å². The Bertz CT molecular complexity index is 1240. The monoisotopic (exact) mass is 533 g/mol. The molecule has 3 amide bonds. The highest BCUT2D eigenvalue weighted by molar-refractivity contribution is 7.10. The Labute approximate surface area is 228 Å². The fourth-order valence-corrected chi connectivity index (χ4v) is 5.96. The van der Waals surface area contributed by atoms with Crippen LogP contribution in [0.15, 0.2) is 60.0 Å². The molecule has 1 fully saturated rings. The van der Waals surface area contributed by atoms with E-state index in [0.29, 0.717) is 32.0 Å². The van der Waals surface area contributed by atoms with Crippen molar-refractivity contribution in [1.29, 1.82) is 0 Å². The molecule has 0 radical (unpaired) electrons. The number of carbonyl (C=O) groups excluding carboxylic acids is 2. The molecule has 0 aliphatic carbocycles. The number of nitrogens with zero attached hydrogens (tertiary/aromatic N) is 2. The third-order valence-corrected chi connectivity index (χ3v) is 8.20. The van der Waals surface area contributed by atoms with Gasteiger partial charge in [-0.05, 0) is 74.4 Å². The smallest absolute Gasteiger partial charge is 0.322 e. The largest absolute Gasteiger partial charge is 0.491 e. The van der Waals surface area contributed by atoms with Gasteiger partial charge in [0.1, 0.15) is 18.9 Å². The average Bonchev–Trinajstić information content (AvgIpc) is 3.61. The van der Waals surface area contributed by atoms with E-state index >= 15 is 0 Å². The molecular formula is C30H35N3O4S. The molecule has 7 nitrogen and oxygen atoms in total. The summed E-state index contributed by atoms with van der Waals surface area (Å²) < 4.78 is 12.0. The van der Waals surface area contributed by atoms with Crippen LogP contribution in [-0.4, -0.2) is 60.7 Å². The van der Waals surface area contributed by atoms with Crippen molar-refractivity contribution in [3.05, 3.63) is 81.5 Å². The minimum absolute atomic E-state index is 0.0158. The van der Waals surface area contributed by atoms with Crippen molar-refractivity contribution >= 4 is 29.0 Å². The second kappa shape index (κ2) is 12.0. The third-order valence-electron chi connectivity index (χ3n) is 7.21. The summed E-state index contributed by atoms with van der Waals surface area (Å²) in [6, 6.07) is 17.2. The molecule has 2 aliphatic heterocycles. The first-order valence-electron chi connectivity index (χ1n) is 13.3. The van der Waals surface area contributed by atoms with E-state index in [4.69, 9.17) is 9.47 Å². The number of urea groups is 1. The first-order chi connectivity index (χ1) is 18.5. The van der Waals surface area contributed by atoms with Crippen molar-refractivity contribution in [3.8, 4) is 5.75 Å². The Morgan fingerprint density at radius 1 is 1.08 bits per heavy atom. The molecule has 3 aromatic rings. The van der Waals surface area contributed by atoms with Gasteiger partial charge in [0, 0.05) is 30.3 Å². The highest BCUT2D eigenvalue weighted by Crippen LogP contribution is 2.34. The van der Waals surface area contributed by atoms with Crippen LogP contribution in [0.5, 0.6) is 5.75 Å². The van der Waals surface area contributed by atoms with Crippen molar-refractivity contribution < 1.29 is 19.1 Å². The lowest BCUT2D eigenvalue weighted by molar-refractivity contribution is -0.135. The van der Waals surface area contributed by atoms with Gasteiger partial charge in [0.05, 0.1) is 12.1 Å². The number of hydrogen-bond donors (Lipinski definition) is 1. The van der Waals surface area contributed by atoms with Gasteiger partial charge in [-0.1, -0.05) is 35.4 Å². The first-order valence-corrected chi connectivity index (χ1v) is 14.1. The number of anilines is 1. The predicted molar refractivity (Wildman–Crippen MR) is 150 cm³/mol. The van der Waals surface area contributed by atoms with Crippen LogP contribution in [0.4, 0.5) is 10.5 Å². The highest BCUT2D eigenvalue weighted by atomic mass is 32.1. The molecule has 0 unspecified atom stereocenters. The van der Waals surface area contributed by atoms with Crippen LogP contribution in [0.1, 0.15) is 40.5 Å². The molecule has 8 heteroatoms. The van der Waals surface area contributed by atoms with E-state index in [1.165, 1.54) is 10.4 Å². The highest BCUT2D eigenvalue weighted by Gasteiger charge is 2.34. The zero-order chi connectivity index (χ0) is 26.5. The van der Waals surface area contributed by atoms with Gasteiger partial charge >= 0.3 is 6.03 Å². The molecule has 1 saturated heterocycles. The fraction of sp³-hybridized carbons (Fsp3) is 0.400. The van der Waals surface area contributed by atoms with Gasteiger partial charge in [-0.3, -0.25) is 4.79 Å². The summed E-state index contributed by atoms with van der Waals surface area (Å²) in [7, 11) is 0. The summed E-state index contributed by atoms with van der Waals surface area (Å²) in [6.45, 7) is 6.06. The molecule has 2 aromatic carbocycles. The molecule has 2 aliphatic rings. The van der Waals surface area contributed by atoms with E-state index in [9.17, 15) is 9.59 Å². The molecule has 3 heterocycles. The van der Waals surface area contributed by atoms with E-state index in [2.05, 4.69) is 16.8 Å². The molecule has 38 heavy (non-hydrogen) atoms. The Balaban J connectivity index is 1.31. The molecule has 0 spiro atoms. The topological polar surface area (TPSA) is 71.1 Å². The number of thiophene rings is 1. The first kappa shape index (κ1) is 26.3. The Morgan fingerprint density at radius 3 is 2.53 bits per heavy atom.